The molecule has 0 radical (unpaired) electrons. The molecule has 1 aliphatic heterocycles. The first kappa shape index (κ1) is 14.1. The number of amides is 1. The molecule has 118 valence electrons. The fourth-order valence-electron chi connectivity index (χ4n) is 2.71. The lowest BCUT2D eigenvalue weighted by Crippen LogP contribution is -2.37. The predicted octanol–water partition coefficient (Wildman–Crippen LogP) is 2.81. The van der Waals surface area contributed by atoms with Gasteiger partial charge in [0.1, 0.15) is 0 Å². The summed E-state index contributed by atoms with van der Waals surface area (Å²) in [6.45, 7) is 1.28. The van der Waals surface area contributed by atoms with Gasteiger partial charge in [-0.2, -0.15) is 11.3 Å². The maximum atomic E-state index is 12.2. The zero-order valence-electron chi connectivity index (χ0n) is 12.2. The topological polar surface area (TPSA) is 85.3 Å². The molecular weight excluding hydrogens is 316 g/mol. The van der Waals surface area contributed by atoms with Crippen molar-refractivity contribution in [3.8, 4) is 11.5 Å². The van der Waals surface area contributed by atoms with Gasteiger partial charge in [0.15, 0.2) is 0 Å². The van der Waals surface area contributed by atoms with Crippen molar-refractivity contribution in [1.82, 2.24) is 20.3 Å². The molecule has 4 heterocycles. The van der Waals surface area contributed by atoms with E-state index in [-0.39, 0.29) is 17.6 Å². The van der Waals surface area contributed by atoms with Gasteiger partial charge >= 0.3 is 0 Å². The zero-order valence-corrected chi connectivity index (χ0v) is 13.0. The van der Waals surface area contributed by atoms with Crippen LogP contribution in [-0.2, 0) is 0 Å². The van der Waals surface area contributed by atoms with Crippen LogP contribution in [0, 0.1) is 0 Å². The van der Waals surface area contributed by atoms with Crippen LogP contribution in [0.25, 0.3) is 11.5 Å². The third-order valence-electron chi connectivity index (χ3n) is 3.99. The van der Waals surface area contributed by atoms with E-state index in [1.165, 1.54) is 6.20 Å². The summed E-state index contributed by atoms with van der Waals surface area (Å²) in [5.41, 5.74) is 0.951. The Kier molecular flexibility index (Phi) is 3.66. The molecule has 0 unspecified atom stereocenters. The smallest absolute Gasteiger partial charge is 0.292 e. The first-order valence-corrected chi connectivity index (χ1v) is 8.31. The standard InChI is InChI=1S/C15H14N4O3S/c20-15(12-1-5-16-22-12)19-6-2-10(3-7-19)13-17-18-14(21-13)11-4-8-23-9-11/h1,4-5,8-10H,2-3,6-7H2. The van der Waals surface area contributed by atoms with E-state index in [9.17, 15) is 4.79 Å². The number of piperidine rings is 1. The molecule has 0 bridgehead atoms. The molecule has 0 saturated carbocycles. The van der Waals surface area contributed by atoms with Crippen molar-refractivity contribution >= 4 is 17.2 Å². The molecule has 3 aromatic rings. The molecule has 3 aromatic heterocycles. The first-order chi connectivity index (χ1) is 11.3. The van der Waals surface area contributed by atoms with Crippen molar-refractivity contribution in [2.24, 2.45) is 0 Å². The van der Waals surface area contributed by atoms with Gasteiger partial charge in [-0.05, 0) is 24.3 Å². The van der Waals surface area contributed by atoms with Crippen LogP contribution in [0.3, 0.4) is 0 Å². The second-order valence-electron chi connectivity index (χ2n) is 5.40. The number of likely N-dealkylation sites (tertiary alicyclic amines) is 1. The quantitative estimate of drug-likeness (QED) is 0.734. The second kappa shape index (κ2) is 5.96. The maximum Gasteiger partial charge on any atom is 0.292 e. The van der Waals surface area contributed by atoms with Crippen molar-refractivity contribution in [2.75, 3.05) is 13.1 Å². The lowest BCUT2D eigenvalue weighted by Gasteiger charge is -2.29. The summed E-state index contributed by atoms with van der Waals surface area (Å²) in [6, 6.07) is 3.54. The van der Waals surface area contributed by atoms with E-state index in [4.69, 9.17) is 8.94 Å². The average molecular weight is 330 g/mol. The zero-order chi connectivity index (χ0) is 15.6. The largest absolute Gasteiger partial charge is 0.420 e. The molecule has 0 atom stereocenters. The van der Waals surface area contributed by atoms with Crippen molar-refractivity contribution in [2.45, 2.75) is 18.8 Å². The Balaban J connectivity index is 1.41. The van der Waals surface area contributed by atoms with Gasteiger partial charge in [0.05, 0.1) is 6.20 Å². The Morgan fingerprint density at radius 1 is 1.26 bits per heavy atom. The van der Waals surface area contributed by atoms with Gasteiger partial charge in [-0.1, -0.05) is 5.16 Å². The van der Waals surface area contributed by atoms with Crippen molar-refractivity contribution in [3.05, 3.63) is 40.7 Å². The van der Waals surface area contributed by atoms with Gasteiger partial charge in [0.25, 0.3) is 5.91 Å². The van der Waals surface area contributed by atoms with Gasteiger partial charge in [-0.3, -0.25) is 4.79 Å². The van der Waals surface area contributed by atoms with E-state index in [0.717, 1.165) is 18.4 Å². The molecule has 0 aliphatic carbocycles. The number of aromatic nitrogens is 3. The monoisotopic (exact) mass is 330 g/mol. The first-order valence-electron chi connectivity index (χ1n) is 7.37. The van der Waals surface area contributed by atoms with Gasteiger partial charge in [0, 0.05) is 36.0 Å². The molecule has 4 rings (SSSR count). The molecule has 1 saturated heterocycles. The number of carbonyl (C=O) groups excluding carboxylic acids is 1. The van der Waals surface area contributed by atoms with Crippen molar-refractivity contribution < 1.29 is 13.7 Å². The predicted molar refractivity (Wildman–Crippen MR) is 82.0 cm³/mol. The maximum absolute atomic E-state index is 12.2. The molecule has 1 aliphatic rings. The van der Waals surface area contributed by atoms with E-state index in [0.29, 0.717) is 24.9 Å². The molecule has 8 heteroatoms. The average Bonchev–Trinajstić information content (AvgIpc) is 3.36. The van der Waals surface area contributed by atoms with Gasteiger partial charge < -0.3 is 13.8 Å². The van der Waals surface area contributed by atoms with Crippen LogP contribution in [0.5, 0.6) is 0 Å². The number of nitrogens with zero attached hydrogens (tertiary/aromatic N) is 4. The molecule has 0 spiro atoms. The highest BCUT2D eigenvalue weighted by Crippen LogP contribution is 2.30. The Hall–Kier alpha value is -2.48. The molecule has 1 fully saturated rings. The second-order valence-corrected chi connectivity index (χ2v) is 6.18. The highest BCUT2D eigenvalue weighted by Gasteiger charge is 2.29. The Bertz CT molecular complexity index is 774. The highest BCUT2D eigenvalue weighted by molar-refractivity contribution is 7.08. The van der Waals surface area contributed by atoms with Crippen LogP contribution < -0.4 is 0 Å². The summed E-state index contributed by atoms with van der Waals surface area (Å²) < 4.78 is 10.7. The number of rotatable bonds is 3. The summed E-state index contributed by atoms with van der Waals surface area (Å²) >= 11 is 1.60. The van der Waals surface area contributed by atoms with Crippen LogP contribution in [0.15, 0.2) is 38.0 Å². The van der Waals surface area contributed by atoms with E-state index in [2.05, 4.69) is 15.4 Å². The minimum atomic E-state index is -0.120. The van der Waals surface area contributed by atoms with E-state index in [1.54, 1.807) is 22.3 Å². The van der Waals surface area contributed by atoms with Crippen LogP contribution in [0.4, 0.5) is 0 Å². The van der Waals surface area contributed by atoms with E-state index >= 15 is 0 Å². The summed E-state index contributed by atoms with van der Waals surface area (Å²) in [7, 11) is 0. The summed E-state index contributed by atoms with van der Waals surface area (Å²) in [5, 5.41) is 15.8. The molecule has 0 N–H and O–H groups in total. The summed E-state index contributed by atoms with van der Waals surface area (Å²) in [5.74, 6) is 1.56. The lowest BCUT2D eigenvalue weighted by molar-refractivity contribution is 0.0664. The SMILES string of the molecule is O=C(c1ccno1)N1CCC(c2nnc(-c3ccsc3)o2)CC1. The number of thiophene rings is 1. The molecule has 23 heavy (non-hydrogen) atoms. The van der Waals surface area contributed by atoms with Crippen LogP contribution in [0.1, 0.15) is 35.2 Å². The van der Waals surface area contributed by atoms with Crippen LogP contribution >= 0.6 is 11.3 Å². The van der Waals surface area contributed by atoms with Crippen LogP contribution in [0.2, 0.25) is 0 Å². The van der Waals surface area contributed by atoms with Crippen LogP contribution in [-0.4, -0.2) is 39.3 Å². The third kappa shape index (κ3) is 2.77. The molecular formula is C15H14N4O3S. The van der Waals surface area contributed by atoms with Gasteiger partial charge in [0.2, 0.25) is 17.5 Å². The van der Waals surface area contributed by atoms with Gasteiger partial charge in [-0.15, -0.1) is 10.2 Å². The normalized spacial score (nSPS) is 15.9. The lowest BCUT2D eigenvalue weighted by atomic mass is 9.96. The van der Waals surface area contributed by atoms with Crippen molar-refractivity contribution in [1.29, 1.82) is 0 Å². The fourth-order valence-corrected chi connectivity index (χ4v) is 3.34. The molecule has 0 aromatic carbocycles. The van der Waals surface area contributed by atoms with E-state index < -0.39 is 0 Å². The minimum absolute atomic E-state index is 0.120. The summed E-state index contributed by atoms with van der Waals surface area (Å²) in [4.78, 5) is 14.0. The van der Waals surface area contributed by atoms with E-state index in [1.807, 2.05) is 16.8 Å². The minimum Gasteiger partial charge on any atom is -0.420 e. The Labute approximate surface area is 135 Å². The number of hydrogen-bond acceptors (Lipinski definition) is 7. The third-order valence-corrected chi connectivity index (χ3v) is 4.67. The number of hydrogen-bond donors (Lipinski definition) is 0. The summed E-state index contributed by atoms with van der Waals surface area (Å²) in [6.07, 6.45) is 3.07. The molecule has 1 amide bonds. The molecule has 7 nitrogen and oxygen atoms in total. The highest BCUT2D eigenvalue weighted by atomic mass is 32.1. The Morgan fingerprint density at radius 2 is 2.13 bits per heavy atom. The number of carbonyl (C=O) groups is 1. The Morgan fingerprint density at radius 3 is 2.83 bits per heavy atom. The van der Waals surface area contributed by atoms with Crippen molar-refractivity contribution in [3.63, 3.8) is 0 Å². The van der Waals surface area contributed by atoms with Gasteiger partial charge in [-0.25, -0.2) is 0 Å². The fraction of sp³-hybridized carbons (Fsp3) is 0.333.